The number of furan rings is 1. The number of amides is 1. The number of nitrogens with zero attached hydrogens (tertiary/aromatic N) is 2. The van der Waals surface area contributed by atoms with Gasteiger partial charge >= 0.3 is 6.09 Å². The first-order chi connectivity index (χ1) is 11.6. The number of methoxy groups -OCH3 is 2. The van der Waals surface area contributed by atoms with Gasteiger partial charge in [-0.15, -0.1) is 0 Å². The van der Waals surface area contributed by atoms with Crippen molar-refractivity contribution in [3.63, 3.8) is 0 Å². The van der Waals surface area contributed by atoms with Gasteiger partial charge in [0.25, 0.3) is 0 Å². The van der Waals surface area contributed by atoms with Crippen LogP contribution in [0.5, 0.6) is 11.5 Å². The lowest BCUT2D eigenvalue weighted by Gasteiger charge is -2.08. The standard InChI is InChI=1S/C16H17N3O5/c1-19-14(6-7-17-19)18-16(20)24-12-4-5-13(22-3)15-11(12)8-10(23-15)9-21-2/h4-8H,9H2,1-3H3,(H,18,20). The van der Waals surface area contributed by atoms with Crippen molar-refractivity contribution in [2.45, 2.75) is 6.61 Å². The van der Waals surface area contributed by atoms with Gasteiger partial charge in [-0.2, -0.15) is 5.10 Å². The molecule has 1 amide bonds. The Hall–Kier alpha value is -3.00. The van der Waals surface area contributed by atoms with Crippen LogP contribution >= 0.6 is 0 Å². The van der Waals surface area contributed by atoms with Crippen molar-refractivity contribution >= 4 is 22.9 Å². The number of carbonyl (C=O) groups excluding carboxylic acids is 1. The number of hydrogen-bond acceptors (Lipinski definition) is 6. The summed E-state index contributed by atoms with van der Waals surface area (Å²) in [6.45, 7) is 0.304. The molecule has 0 aliphatic carbocycles. The minimum absolute atomic E-state index is 0.304. The molecule has 1 aromatic carbocycles. The third-order valence-electron chi connectivity index (χ3n) is 3.42. The average Bonchev–Trinajstić information content (AvgIpc) is 3.15. The number of anilines is 1. The maximum absolute atomic E-state index is 12.1. The summed E-state index contributed by atoms with van der Waals surface area (Å²) in [7, 11) is 4.83. The number of rotatable bonds is 5. The maximum Gasteiger partial charge on any atom is 0.418 e. The van der Waals surface area contributed by atoms with Gasteiger partial charge in [0.2, 0.25) is 0 Å². The molecule has 24 heavy (non-hydrogen) atoms. The predicted molar refractivity (Wildman–Crippen MR) is 86.3 cm³/mol. The van der Waals surface area contributed by atoms with Crippen LogP contribution < -0.4 is 14.8 Å². The highest BCUT2D eigenvalue weighted by atomic mass is 16.6. The first kappa shape index (κ1) is 15.9. The van der Waals surface area contributed by atoms with Gasteiger partial charge < -0.3 is 18.6 Å². The average molecular weight is 331 g/mol. The Morgan fingerprint density at radius 2 is 2.08 bits per heavy atom. The Morgan fingerprint density at radius 1 is 1.29 bits per heavy atom. The van der Waals surface area contributed by atoms with E-state index in [0.29, 0.717) is 40.7 Å². The van der Waals surface area contributed by atoms with Crippen molar-refractivity contribution in [3.8, 4) is 11.5 Å². The van der Waals surface area contributed by atoms with Crippen molar-refractivity contribution in [1.82, 2.24) is 9.78 Å². The largest absolute Gasteiger partial charge is 0.493 e. The van der Waals surface area contributed by atoms with Crippen LogP contribution in [0.4, 0.5) is 10.6 Å². The van der Waals surface area contributed by atoms with Gasteiger partial charge in [-0.25, -0.2) is 4.79 Å². The second-order valence-corrected chi connectivity index (χ2v) is 5.01. The number of hydrogen-bond donors (Lipinski definition) is 1. The number of benzene rings is 1. The molecule has 0 fully saturated rings. The summed E-state index contributed by atoms with van der Waals surface area (Å²) in [5.74, 6) is 2.04. The number of aryl methyl sites for hydroxylation is 1. The van der Waals surface area contributed by atoms with E-state index >= 15 is 0 Å². The van der Waals surface area contributed by atoms with Gasteiger partial charge in [-0.1, -0.05) is 0 Å². The molecule has 3 aromatic rings. The normalized spacial score (nSPS) is 10.8. The topological polar surface area (TPSA) is 87.8 Å². The highest BCUT2D eigenvalue weighted by Gasteiger charge is 2.17. The molecule has 2 aromatic heterocycles. The van der Waals surface area contributed by atoms with E-state index in [2.05, 4.69) is 10.4 Å². The second-order valence-electron chi connectivity index (χ2n) is 5.01. The molecular formula is C16H17N3O5. The van der Waals surface area contributed by atoms with E-state index in [4.69, 9.17) is 18.6 Å². The van der Waals surface area contributed by atoms with Gasteiger partial charge in [0.1, 0.15) is 23.9 Å². The quantitative estimate of drug-likeness (QED) is 0.773. The Bertz CT molecular complexity index is 868. The van der Waals surface area contributed by atoms with E-state index < -0.39 is 6.09 Å². The monoisotopic (exact) mass is 331 g/mol. The molecule has 1 N–H and O–H groups in total. The smallest absolute Gasteiger partial charge is 0.418 e. The number of aromatic nitrogens is 2. The van der Waals surface area contributed by atoms with Crippen LogP contribution in [0.2, 0.25) is 0 Å². The zero-order valence-electron chi connectivity index (χ0n) is 13.5. The van der Waals surface area contributed by atoms with Gasteiger partial charge in [0.15, 0.2) is 11.3 Å². The van der Waals surface area contributed by atoms with Crippen LogP contribution in [0, 0.1) is 0 Å². The fourth-order valence-electron chi connectivity index (χ4n) is 2.31. The number of fused-ring (bicyclic) bond motifs is 1. The van der Waals surface area contributed by atoms with Crippen molar-refractivity contribution in [2.24, 2.45) is 7.05 Å². The molecular weight excluding hydrogens is 314 g/mol. The van der Waals surface area contributed by atoms with Gasteiger partial charge in [0, 0.05) is 20.2 Å². The minimum Gasteiger partial charge on any atom is -0.493 e. The van der Waals surface area contributed by atoms with E-state index in [1.54, 1.807) is 51.7 Å². The molecule has 0 aliphatic rings. The zero-order chi connectivity index (χ0) is 17.1. The molecule has 0 unspecified atom stereocenters. The highest BCUT2D eigenvalue weighted by Crippen LogP contribution is 2.36. The highest BCUT2D eigenvalue weighted by molar-refractivity contribution is 5.93. The molecule has 2 heterocycles. The van der Waals surface area contributed by atoms with Gasteiger partial charge in [0.05, 0.1) is 18.7 Å². The van der Waals surface area contributed by atoms with Crippen LogP contribution in [-0.4, -0.2) is 30.1 Å². The SMILES string of the molecule is COCc1cc2c(OC(=O)Nc3ccnn3C)ccc(OC)c2o1. The molecule has 0 aliphatic heterocycles. The van der Waals surface area contributed by atoms with Gasteiger partial charge in [-0.3, -0.25) is 10.00 Å². The molecule has 126 valence electrons. The molecule has 0 spiro atoms. The fourth-order valence-corrected chi connectivity index (χ4v) is 2.31. The summed E-state index contributed by atoms with van der Waals surface area (Å²) in [5, 5.41) is 7.22. The summed E-state index contributed by atoms with van der Waals surface area (Å²) in [6.07, 6.45) is 0.952. The van der Waals surface area contributed by atoms with Crippen molar-refractivity contribution < 1.29 is 23.4 Å². The summed E-state index contributed by atoms with van der Waals surface area (Å²) >= 11 is 0. The number of nitrogens with one attached hydrogen (secondary N) is 1. The Balaban J connectivity index is 1.88. The summed E-state index contributed by atoms with van der Waals surface area (Å²) in [4.78, 5) is 12.1. The number of carbonyl (C=O) groups is 1. The molecule has 0 saturated heterocycles. The predicted octanol–water partition coefficient (Wildman–Crippen LogP) is 2.93. The summed E-state index contributed by atoms with van der Waals surface area (Å²) in [5.41, 5.74) is 0.496. The van der Waals surface area contributed by atoms with Crippen molar-refractivity contribution in [3.05, 3.63) is 36.2 Å². The van der Waals surface area contributed by atoms with Crippen LogP contribution in [0.3, 0.4) is 0 Å². The summed E-state index contributed by atoms with van der Waals surface area (Å²) in [6, 6.07) is 6.75. The van der Waals surface area contributed by atoms with E-state index in [9.17, 15) is 4.79 Å². The van der Waals surface area contributed by atoms with Crippen LogP contribution in [0.15, 0.2) is 34.9 Å². The molecule has 3 rings (SSSR count). The zero-order valence-corrected chi connectivity index (χ0v) is 13.5. The first-order valence-electron chi connectivity index (χ1n) is 7.17. The summed E-state index contributed by atoms with van der Waals surface area (Å²) < 4.78 is 23.0. The Labute approximate surface area is 137 Å². The third kappa shape index (κ3) is 3.04. The van der Waals surface area contributed by atoms with E-state index in [1.807, 2.05) is 0 Å². The molecule has 8 nitrogen and oxygen atoms in total. The Morgan fingerprint density at radius 3 is 2.75 bits per heavy atom. The van der Waals surface area contributed by atoms with E-state index in [-0.39, 0.29) is 0 Å². The lowest BCUT2D eigenvalue weighted by Crippen LogP contribution is -2.18. The van der Waals surface area contributed by atoms with E-state index in [0.717, 1.165) is 0 Å². The Kier molecular flexibility index (Phi) is 4.39. The lowest BCUT2D eigenvalue weighted by molar-refractivity contribution is 0.166. The lowest BCUT2D eigenvalue weighted by atomic mass is 10.2. The maximum atomic E-state index is 12.1. The van der Waals surface area contributed by atoms with E-state index in [1.165, 1.54) is 4.68 Å². The fraction of sp³-hybridized carbons (Fsp3) is 0.250. The molecule has 0 bridgehead atoms. The van der Waals surface area contributed by atoms with Crippen LogP contribution in [0.1, 0.15) is 5.76 Å². The molecule has 0 saturated carbocycles. The van der Waals surface area contributed by atoms with Crippen molar-refractivity contribution in [2.75, 3.05) is 19.5 Å². The van der Waals surface area contributed by atoms with Crippen molar-refractivity contribution in [1.29, 1.82) is 0 Å². The molecule has 8 heteroatoms. The van der Waals surface area contributed by atoms with Crippen LogP contribution in [-0.2, 0) is 18.4 Å². The molecule has 0 atom stereocenters. The first-order valence-corrected chi connectivity index (χ1v) is 7.17. The van der Waals surface area contributed by atoms with Gasteiger partial charge in [-0.05, 0) is 18.2 Å². The molecule has 0 radical (unpaired) electrons. The minimum atomic E-state index is -0.625. The van der Waals surface area contributed by atoms with Crippen LogP contribution in [0.25, 0.3) is 11.0 Å². The second kappa shape index (κ2) is 6.63. The number of ether oxygens (including phenoxy) is 3. The third-order valence-corrected chi connectivity index (χ3v) is 3.42.